The quantitative estimate of drug-likeness (QED) is 0.808. The highest BCUT2D eigenvalue weighted by atomic mass is 16.3. The maximum atomic E-state index is 10.1. The Bertz CT molecular complexity index is 405. The average molecular weight is 245 g/mol. The lowest BCUT2D eigenvalue weighted by atomic mass is 9.73. The van der Waals surface area contributed by atoms with E-state index in [1.165, 1.54) is 43.6 Å². The first-order valence-corrected chi connectivity index (χ1v) is 7.32. The highest BCUT2D eigenvalue weighted by molar-refractivity contribution is 5.38. The second-order valence-electron chi connectivity index (χ2n) is 5.78. The normalized spacial score (nSPS) is 34.6. The van der Waals surface area contributed by atoms with E-state index in [9.17, 15) is 5.11 Å². The molecular formula is C16H23NO. The molecule has 3 rings (SSSR count). The third-order valence-corrected chi connectivity index (χ3v) is 4.55. The number of piperidine rings is 1. The number of rotatable bonds is 2. The number of fused-ring (bicyclic) bond motifs is 2. The van der Waals surface area contributed by atoms with E-state index in [1.807, 2.05) is 12.2 Å². The van der Waals surface area contributed by atoms with Crippen molar-refractivity contribution in [3.8, 4) is 0 Å². The maximum absolute atomic E-state index is 10.1. The number of hydrogen-bond acceptors (Lipinski definition) is 2. The molecule has 1 aliphatic heterocycles. The molecule has 1 saturated heterocycles. The van der Waals surface area contributed by atoms with E-state index in [-0.39, 0.29) is 6.10 Å². The largest absolute Gasteiger partial charge is 0.388 e. The predicted molar refractivity (Wildman–Crippen MR) is 74.0 cm³/mol. The van der Waals surface area contributed by atoms with Crippen LogP contribution in [-0.4, -0.2) is 29.2 Å². The van der Waals surface area contributed by atoms with Crippen LogP contribution in [0.4, 0.5) is 0 Å². The lowest BCUT2D eigenvalue weighted by Crippen LogP contribution is -2.39. The Balaban J connectivity index is 1.89. The van der Waals surface area contributed by atoms with E-state index < -0.39 is 0 Å². The fourth-order valence-corrected chi connectivity index (χ4v) is 3.67. The van der Waals surface area contributed by atoms with Crippen LogP contribution in [0.15, 0.2) is 35.6 Å². The molecule has 0 amide bonds. The van der Waals surface area contributed by atoms with Crippen LogP contribution in [0.25, 0.3) is 0 Å². The van der Waals surface area contributed by atoms with Gasteiger partial charge in [-0.25, -0.2) is 0 Å². The van der Waals surface area contributed by atoms with E-state index in [1.54, 1.807) is 0 Å². The molecular weight excluding hydrogens is 222 g/mol. The Morgan fingerprint density at radius 3 is 3.17 bits per heavy atom. The smallest absolute Gasteiger partial charge is 0.0792 e. The fourth-order valence-electron chi connectivity index (χ4n) is 3.67. The van der Waals surface area contributed by atoms with Crippen molar-refractivity contribution in [1.82, 2.24) is 4.90 Å². The van der Waals surface area contributed by atoms with Crippen molar-refractivity contribution in [3.05, 3.63) is 35.6 Å². The van der Waals surface area contributed by atoms with Gasteiger partial charge in [0.2, 0.25) is 0 Å². The molecule has 2 aliphatic carbocycles. The van der Waals surface area contributed by atoms with Gasteiger partial charge >= 0.3 is 0 Å². The molecule has 0 aromatic heterocycles. The molecule has 0 aromatic carbocycles. The Labute approximate surface area is 110 Å². The van der Waals surface area contributed by atoms with Gasteiger partial charge in [0.1, 0.15) is 0 Å². The fraction of sp³-hybridized carbons (Fsp3) is 0.625. The number of aliphatic hydroxyl groups excluding tert-OH is 1. The Hall–Kier alpha value is -1.02. The number of hydrogen-bond donors (Lipinski definition) is 1. The van der Waals surface area contributed by atoms with Crippen LogP contribution in [-0.2, 0) is 0 Å². The first kappa shape index (κ1) is 12.0. The molecule has 0 spiro atoms. The third-order valence-electron chi connectivity index (χ3n) is 4.55. The maximum Gasteiger partial charge on any atom is 0.0792 e. The van der Waals surface area contributed by atoms with Crippen LogP contribution < -0.4 is 0 Å². The second kappa shape index (κ2) is 4.93. The minimum absolute atomic E-state index is 0.274. The molecule has 3 unspecified atom stereocenters. The van der Waals surface area contributed by atoms with E-state index in [0.29, 0.717) is 11.8 Å². The van der Waals surface area contributed by atoms with E-state index in [0.717, 1.165) is 6.42 Å². The monoisotopic (exact) mass is 245 g/mol. The summed E-state index contributed by atoms with van der Waals surface area (Å²) in [5, 5.41) is 10.1. The summed E-state index contributed by atoms with van der Waals surface area (Å²) in [7, 11) is 0. The summed E-state index contributed by atoms with van der Waals surface area (Å²) in [6.45, 7) is 4.65. The molecule has 1 fully saturated rings. The summed E-state index contributed by atoms with van der Waals surface area (Å²) in [6, 6.07) is 0. The van der Waals surface area contributed by atoms with Crippen LogP contribution in [0, 0.1) is 11.8 Å². The van der Waals surface area contributed by atoms with Gasteiger partial charge < -0.3 is 10.0 Å². The van der Waals surface area contributed by atoms with Gasteiger partial charge in [0.15, 0.2) is 0 Å². The van der Waals surface area contributed by atoms with Gasteiger partial charge in [-0.05, 0) is 43.3 Å². The SMILES string of the molecule is CCCN1CCCC2CC3C(=CC=CC3O)C=C21. The standard InChI is InChI=1S/C16H23NO/c1-2-8-17-9-4-6-13-10-14-12(11-15(13)17)5-3-7-16(14)18/h3,5,7,11,13-14,16,18H,2,4,6,8-10H2,1H3. The molecule has 3 aliphatic rings. The summed E-state index contributed by atoms with van der Waals surface area (Å²) in [5.74, 6) is 1.01. The second-order valence-corrected chi connectivity index (χ2v) is 5.78. The molecule has 0 bridgehead atoms. The molecule has 0 radical (unpaired) electrons. The van der Waals surface area contributed by atoms with Crippen molar-refractivity contribution in [2.24, 2.45) is 11.8 Å². The van der Waals surface area contributed by atoms with Crippen molar-refractivity contribution in [3.63, 3.8) is 0 Å². The van der Waals surface area contributed by atoms with Crippen LogP contribution in [0.3, 0.4) is 0 Å². The predicted octanol–water partition coefficient (Wildman–Crippen LogP) is 2.87. The highest BCUT2D eigenvalue weighted by Crippen LogP contribution is 2.42. The van der Waals surface area contributed by atoms with Crippen LogP contribution in [0.1, 0.15) is 32.6 Å². The van der Waals surface area contributed by atoms with Gasteiger partial charge in [-0.1, -0.05) is 25.2 Å². The topological polar surface area (TPSA) is 23.5 Å². The molecule has 2 nitrogen and oxygen atoms in total. The van der Waals surface area contributed by atoms with Gasteiger partial charge in [-0.3, -0.25) is 0 Å². The van der Waals surface area contributed by atoms with E-state index in [4.69, 9.17) is 0 Å². The zero-order valence-electron chi connectivity index (χ0n) is 11.2. The van der Waals surface area contributed by atoms with Crippen molar-refractivity contribution >= 4 is 0 Å². The molecule has 3 atom stereocenters. The molecule has 1 heterocycles. The Morgan fingerprint density at radius 1 is 1.44 bits per heavy atom. The molecule has 98 valence electrons. The third kappa shape index (κ3) is 2.03. The van der Waals surface area contributed by atoms with Crippen LogP contribution in [0.2, 0.25) is 0 Å². The summed E-state index contributed by atoms with van der Waals surface area (Å²) in [4.78, 5) is 2.57. The number of nitrogens with zero attached hydrogens (tertiary/aromatic N) is 1. The number of aliphatic hydroxyl groups is 1. The molecule has 2 heteroatoms. The Morgan fingerprint density at radius 2 is 2.33 bits per heavy atom. The minimum atomic E-state index is -0.274. The lowest BCUT2D eigenvalue weighted by molar-refractivity contribution is 0.133. The first-order valence-electron chi connectivity index (χ1n) is 7.32. The van der Waals surface area contributed by atoms with Gasteiger partial charge in [0.25, 0.3) is 0 Å². The van der Waals surface area contributed by atoms with Crippen molar-refractivity contribution in [1.29, 1.82) is 0 Å². The van der Waals surface area contributed by atoms with Gasteiger partial charge in [0, 0.05) is 24.7 Å². The van der Waals surface area contributed by atoms with E-state index in [2.05, 4.69) is 24.0 Å². The van der Waals surface area contributed by atoms with Crippen LogP contribution in [0.5, 0.6) is 0 Å². The zero-order chi connectivity index (χ0) is 12.5. The van der Waals surface area contributed by atoms with Crippen LogP contribution >= 0.6 is 0 Å². The average Bonchev–Trinajstić information content (AvgIpc) is 2.38. The summed E-state index contributed by atoms with van der Waals surface area (Å²) >= 11 is 0. The van der Waals surface area contributed by atoms with Gasteiger partial charge in [-0.15, -0.1) is 0 Å². The number of likely N-dealkylation sites (tertiary alicyclic amines) is 1. The molecule has 0 aromatic rings. The lowest BCUT2D eigenvalue weighted by Gasteiger charge is -2.43. The van der Waals surface area contributed by atoms with Gasteiger partial charge in [-0.2, -0.15) is 0 Å². The van der Waals surface area contributed by atoms with E-state index >= 15 is 0 Å². The highest BCUT2D eigenvalue weighted by Gasteiger charge is 2.35. The molecule has 1 N–H and O–H groups in total. The van der Waals surface area contributed by atoms with Crippen molar-refractivity contribution < 1.29 is 5.11 Å². The minimum Gasteiger partial charge on any atom is -0.388 e. The first-order chi connectivity index (χ1) is 8.79. The summed E-state index contributed by atoms with van der Waals surface area (Å²) in [5.41, 5.74) is 2.87. The summed E-state index contributed by atoms with van der Waals surface area (Å²) in [6.07, 6.45) is 13.1. The molecule has 0 saturated carbocycles. The Kier molecular flexibility index (Phi) is 3.29. The van der Waals surface area contributed by atoms with Gasteiger partial charge in [0.05, 0.1) is 6.10 Å². The summed E-state index contributed by atoms with van der Waals surface area (Å²) < 4.78 is 0. The van der Waals surface area contributed by atoms with Crippen molar-refractivity contribution in [2.75, 3.05) is 13.1 Å². The molecule has 18 heavy (non-hydrogen) atoms. The van der Waals surface area contributed by atoms with Crippen molar-refractivity contribution in [2.45, 2.75) is 38.7 Å². The zero-order valence-corrected chi connectivity index (χ0v) is 11.2. The number of allylic oxidation sites excluding steroid dienone is 4.